The van der Waals surface area contributed by atoms with Gasteiger partial charge in [0.15, 0.2) is 0 Å². The molecule has 4 amide bonds. The second-order valence-corrected chi connectivity index (χ2v) is 7.68. The predicted molar refractivity (Wildman–Crippen MR) is 127 cm³/mol. The maximum Gasteiger partial charge on any atom is 0.338 e. The lowest BCUT2D eigenvalue weighted by atomic mass is 10.1. The molecule has 0 atom stereocenters. The van der Waals surface area contributed by atoms with Crippen LogP contribution in [0, 0.1) is 0 Å². The van der Waals surface area contributed by atoms with E-state index in [4.69, 9.17) is 25.5 Å². The van der Waals surface area contributed by atoms with Crippen LogP contribution in [0.1, 0.15) is 23.0 Å². The summed E-state index contributed by atoms with van der Waals surface area (Å²) >= 11 is 6.13. The molecule has 4 rings (SSSR count). The van der Waals surface area contributed by atoms with Crippen molar-refractivity contribution in [3.8, 4) is 17.1 Å². The number of nitrogens with zero attached hydrogens (tertiary/aromatic N) is 1. The molecule has 1 aliphatic heterocycles. The first-order valence-electron chi connectivity index (χ1n) is 10.4. The molecule has 35 heavy (non-hydrogen) atoms. The Bertz CT molecular complexity index is 1360. The maximum absolute atomic E-state index is 13.1. The van der Waals surface area contributed by atoms with Crippen LogP contribution in [0.3, 0.4) is 0 Å². The molecular weight excluding hydrogens is 476 g/mol. The number of carbonyl (C=O) groups excluding carboxylic acids is 4. The normalized spacial score (nSPS) is 14.8. The summed E-state index contributed by atoms with van der Waals surface area (Å²) in [6.45, 7) is 2.00. The number of hydrogen-bond donors (Lipinski definition) is 1. The van der Waals surface area contributed by atoms with E-state index in [9.17, 15) is 19.2 Å². The van der Waals surface area contributed by atoms with E-state index in [1.54, 1.807) is 43.3 Å². The van der Waals surface area contributed by atoms with Crippen LogP contribution in [0.2, 0.25) is 5.02 Å². The van der Waals surface area contributed by atoms with E-state index >= 15 is 0 Å². The average Bonchev–Trinajstić information content (AvgIpc) is 3.31. The molecule has 1 aromatic heterocycles. The summed E-state index contributed by atoms with van der Waals surface area (Å²) in [6, 6.07) is 13.3. The van der Waals surface area contributed by atoms with E-state index in [1.165, 1.54) is 31.4 Å². The highest BCUT2D eigenvalue weighted by atomic mass is 35.5. The number of rotatable bonds is 6. The Hall–Kier alpha value is -4.37. The van der Waals surface area contributed by atoms with Gasteiger partial charge in [-0.15, -0.1) is 0 Å². The maximum atomic E-state index is 13.1. The number of carbonyl (C=O) groups is 4. The van der Waals surface area contributed by atoms with Crippen LogP contribution in [0.25, 0.3) is 17.4 Å². The van der Waals surface area contributed by atoms with E-state index < -0.39 is 23.8 Å². The van der Waals surface area contributed by atoms with Crippen LogP contribution in [0.4, 0.5) is 10.5 Å². The van der Waals surface area contributed by atoms with E-state index in [1.807, 2.05) is 0 Å². The smallest absolute Gasteiger partial charge is 0.338 e. The Morgan fingerprint density at radius 3 is 2.49 bits per heavy atom. The number of methoxy groups -OCH3 is 1. The number of nitrogens with one attached hydrogen (secondary N) is 1. The number of amides is 4. The monoisotopic (exact) mass is 494 g/mol. The molecular formula is C25H19ClN2O7. The first kappa shape index (κ1) is 23.8. The number of anilines is 1. The topological polar surface area (TPSA) is 115 Å². The van der Waals surface area contributed by atoms with Gasteiger partial charge in [-0.05, 0) is 55.5 Å². The molecule has 0 aliphatic carbocycles. The molecule has 0 radical (unpaired) electrons. The zero-order valence-corrected chi connectivity index (χ0v) is 19.4. The van der Waals surface area contributed by atoms with Gasteiger partial charge in [-0.3, -0.25) is 14.9 Å². The van der Waals surface area contributed by atoms with Gasteiger partial charge in [-0.1, -0.05) is 23.7 Å². The fourth-order valence-electron chi connectivity index (χ4n) is 3.40. The Balaban J connectivity index is 1.60. The Morgan fingerprint density at radius 2 is 1.83 bits per heavy atom. The minimum absolute atomic E-state index is 0.165. The number of furan rings is 1. The van der Waals surface area contributed by atoms with E-state index in [0.717, 1.165) is 4.90 Å². The molecule has 1 fully saturated rings. The minimum Gasteiger partial charge on any atom is -0.495 e. The van der Waals surface area contributed by atoms with Crippen LogP contribution in [0.15, 0.2) is 64.6 Å². The molecule has 0 spiro atoms. The molecule has 1 N–H and O–H groups in total. The number of esters is 1. The number of halogens is 1. The fourth-order valence-corrected chi connectivity index (χ4v) is 3.65. The third kappa shape index (κ3) is 4.80. The van der Waals surface area contributed by atoms with Gasteiger partial charge in [0, 0.05) is 5.56 Å². The molecule has 0 unspecified atom stereocenters. The molecule has 2 heterocycles. The lowest BCUT2D eigenvalue weighted by Gasteiger charge is -2.26. The van der Waals surface area contributed by atoms with Crippen LogP contribution >= 0.6 is 11.6 Å². The summed E-state index contributed by atoms with van der Waals surface area (Å²) < 4.78 is 15.8. The molecule has 0 saturated carbocycles. The molecule has 3 aromatic rings. The molecule has 178 valence electrons. The van der Waals surface area contributed by atoms with E-state index in [-0.39, 0.29) is 28.7 Å². The van der Waals surface area contributed by atoms with E-state index in [2.05, 4.69) is 5.32 Å². The lowest BCUT2D eigenvalue weighted by Crippen LogP contribution is -2.54. The lowest BCUT2D eigenvalue weighted by molar-refractivity contribution is -0.122. The summed E-state index contributed by atoms with van der Waals surface area (Å²) in [7, 11) is 1.44. The van der Waals surface area contributed by atoms with Crippen molar-refractivity contribution in [2.45, 2.75) is 6.92 Å². The highest BCUT2D eigenvalue weighted by Gasteiger charge is 2.37. The molecule has 2 aromatic carbocycles. The van der Waals surface area contributed by atoms with Crippen LogP contribution in [0.5, 0.6) is 5.75 Å². The fraction of sp³-hybridized carbons (Fsp3) is 0.120. The minimum atomic E-state index is -0.903. The van der Waals surface area contributed by atoms with Crippen molar-refractivity contribution in [3.63, 3.8) is 0 Å². The van der Waals surface area contributed by atoms with Gasteiger partial charge in [0.2, 0.25) is 0 Å². The number of urea groups is 1. The van der Waals surface area contributed by atoms with Crippen molar-refractivity contribution in [3.05, 3.63) is 76.5 Å². The van der Waals surface area contributed by atoms with Gasteiger partial charge in [-0.25, -0.2) is 14.5 Å². The van der Waals surface area contributed by atoms with Crippen molar-refractivity contribution < 1.29 is 33.1 Å². The first-order chi connectivity index (χ1) is 16.8. The van der Waals surface area contributed by atoms with Gasteiger partial charge in [0.1, 0.15) is 22.8 Å². The summed E-state index contributed by atoms with van der Waals surface area (Å²) in [5.41, 5.74) is 0.942. The molecule has 10 heteroatoms. The zero-order chi connectivity index (χ0) is 25.1. The van der Waals surface area contributed by atoms with E-state index in [0.29, 0.717) is 22.6 Å². The van der Waals surface area contributed by atoms with Gasteiger partial charge in [-0.2, -0.15) is 0 Å². The predicted octanol–water partition coefficient (Wildman–Crippen LogP) is 4.45. The Labute approximate surface area is 204 Å². The number of ether oxygens (including phenoxy) is 2. The molecule has 1 aliphatic rings. The highest BCUT2D eigenvalue weighted by Crippen LogP contribution is 2.31. The standard InChI is InChI=1S/C25H19ClN2O7/c1-3-34-24(31)15-6-4-14(5-7-15)20-11-9-17(35-20)13-18-22(29)27-25(32)28(23(18)30)16-8-10-21(33-2)19(26)12-16/h4-13H,3H2,1-2H3,(H,27,29,32). The number of barbiturate groups is 1. The largest absolute Gasteiger partial charge is 0.495 e. The third-order valence-electron chi connectivity index (χ3n) is 5.09. The van der Waals surface area contributed by atoms with Crippen LogP contribution in [-0.2, 0) is 14.3 Å². The van der Waals surface area contributed by atoms with Gasteiger partial charge in [0.25, 0.3) is 11.8 Å². The van der Waals surface area contributed by atoms with Crippen molar-refractivity contribution >= 4 is 47.2 Å². The molecule has 0 bridgehead atoms. The number of imide groups is 2. The summed E-state index contributed by atoms with van der Waals surface area (Å²) in [4.78, 5) is 50.5. The summed E-state index contributed by atoms with van der Waals surface area (Å²) in [5, 5.41) is 2.33. The van der Waals surface area contributed by atoms with Crippen molar-refractivity contribution in [1.29, 1.82) is 0 Å². The number of benzene rings is 2. The SMILES string of the molecule is CCOC(=O)c1ccc(-c2ccc(C=C3C(=O)NC(=O)N(c4ccc(OC)c(Cl)c4)C3=O)o2)cc1. The first-order valence-corrected chi connectivity index (χ1v) is 10.8. The quantitative estimate of drug-likeness (QED) is 0.306. The highest BCUT2D eigenvalue weighted by molar-refractivity contribution is 6.39. The summed E-state index contributed by atoms with van der Waals surface area (Å²) in [5.74, 6) is -1.08. The summed E-state index contributed by atoms with van der Waals surface area (Å²) in [6.07, 6.45) is 1.25. The molecule has 1 saturated heterocycles. The van der Waals surface area contributed by atoms with Crippen molar-refractivity contribution in [2.24, 2.45) is 0 Å². The second-order valence-electron chi connectivity index (χ2n) is 7.28. The molecule has 9 nitrogen and oxygen atoms in total. The van der Waals surface area contributed by atoms with Crippen molar-refractivity contribution in [1.82, 2.24) is 5.32 Å². The van der Waals surface area contributed by atoms with Gasteiger partial charge in [0.05, 0.1) is 30.0 Å². The number of hydrogen-bond acceptors (Lipinski definition) is 7. The third-order valence-corrected chi connectivity index (χ3v) is 5.38. The van der Waals surface area contributed by atoms with Gasteiger partial charge < -0.3 is 13.9 Å². The second kappa shape index (κ2) is 9.86. The Kier molecular flexibility index (Phi) is 6.70. The van der Waals surface area contributed by atoms with Crippen molar-refractivity contribution in [2.75, 3.05) is 18.6 Å². The zero-order valence-electron chi connectivity index (χ0n) is 18.7. The Morgan fingerprint density at radius 1 is 1.09 bits per heavy atom. The average molecular weight is 495 g/mol. The van der Waals surface area contributed by atoms with Crippen LogP contribution < -0.4 is 15.0 Å². The van der Waals surface area contributed by atoms with Gasteiger partial charge >= 0.3 is 12.0 Å². The van der Waals surface area contributed by atoms with Crippen LogP contribution in [-0.4, -0.2) is 37.5 Å².